The van der Waals surface area contributed by atoms with Crippen LogP contribution in [0.1, 0.15) is 29.9 Å². The Bertz CT molecular complexity index is 756. The van der Waals surface area contributed by atoms with Crippen LogP contribution in [0.5, 0.6) is 0 Å². The molecule has 1 heterocycles. The monoisotopic (exact) mass is 352 g/mol. The number of hydrogen-bond donors (Lipinski definition) is 1. The SMILES string of the molecule is COC(=O)[C@@H](NC(=O)c1cn(Cc2c(F)cccc2F)nn1)C(C)C. The summed E-state index contributed by atoms with van der Waals surface area (Å²) in [5, 5.41) is 9.87. The fraction of sp³-hybridized carbons (Fsp3) is 0.375. The molecule has 134 valence electrons. The molecule has 2 rings (SSSR count). The van der Waals surface area contributed by atoms with Gasteiger partial charge in [-0.1, -0.05) is 25.1 Å². The average Bonchev–Trinajstić information content (AvgIpc) is 3.03. The number of halogens is 2. The van der Waals surface area contributed by atoms with E-state index in [4.69, 9.17) is 0 Å². The molecule has 0 saturated carbocycles. The molecule has 0 bridgehead atoms. The van der Waals surface area contributed by atoms with Crippen molar-refractivity contribution in [2.45, 2.75) is 26.4 Å². The van der Waals surface area contributed by atoms with Crippen LogP contribution in [0, 0.1) is 17.6 Å². The Morgan fingerprint density at radius 1 is 1.28 bits per heavy atom. The van der Waals surface area contributed by atoms with Crippen LogP contribution in [-0.4, -0.2) is 40.0 Å². The highest BCUT2D eigenvalue weighted by atomic mass is 19.1. The Morgan fingerprint density at radius 2 is 1.92 bits per heavy atom. The van der Waals surface area contributed by atoms with Gasteiger partial charge < -0.3 is 10.1 Å². The predicted molar refractivity (Wildman–Crippen MR) is 83.6 cm³/mol. The lowest BCUT2D eigenvalue weighted by molar-refractivity contribution is -0.144. The number of carbonyl (C=O) groups is 2. The summed E-state index contributed by atoms with van der Waals surface area (Å²) in [5.41, 5.74) is -0.264. The summed E-state index contributed by atoms with van der Waals surface area (Å²) < 4.78 is 33.1. The highest BCUT2D eigenvalue weighted by Gasteiger charge is 2.26. The first-order chi connectivity index (χ1) is 11.8. The lowest BCUT2D eigenvalue weighted by Crippen LogP contribution is -2.45. The van der Waals surface area contributed by atoms with Crippen molar-refractivity contribution in [3.05, 3.63) is 47.3 Å². The molecule has 1 atom stereocenters. The fourth-order valence-corrected chi connectivity index (χ4v) is 2.17. The van der Waals surface area contributed by atoms with E-state index in [2.05, 4.69) is 20.4 Å². The molecular formula is C16H18F2N4O3. The van der Waals surface area contributed by atoms with Crippen molar-refractivity contribution in [2.24, 2.45) is 5.92 Å². The largest absolute Gasteiger partial charge is 0.467 e. The van der Waals surface area contributed by atoms with Gasteiger partial charge >= 0.3 is 5.97 Å². The summed E-state index contributed by atoms with van der Waals surface area (Å²) in [5.74, 6) is -2.84. The molecule has 0 aliphatic rings. The third kappa shape index (κ3) is 4.37. The zero-order valence-corrected chi connectivity index (χ0v) is 14.0. The zero-order valence-electron chi connectivity index (χ0n) is 14.0. The molecule has 0 radical (unpaired) electrons. The van der Waals surface area contributed by atoms with Gasteiger partial charge in [-0.25, -0.2) is 18.3 Å². The lowest BCUT2D eigenvalue weighted by Gasteiger charge is -2.18. The van der Waals surface area contributed by atoms with Crippen LogP contribution < -0.4 is 5.32 Å². The Balaban J connectivity index is 2.12. The van der Waals surface area contributed by atoms with Gasteiger partial charge in [0.15, 0.2) is 5.69 Å². The molecule has 0 unspecified atom stereocenters. The standard InChI is InChI=1S/C16H18F2N4O3/c1-9(2)14(16(24)25-3)19-15(23)13-8-22(21-20-13)7-10-11(17)5-4-6-12(10)18/h4-6,8-9,14H,7H2,1-3H3,(H,19,23)/t14-/m0/s1. The second kappa shape index (κ2) is 7.82. The van der Waals surface area contributed by atoms with Crippen molar-refractivity contribution < 1.29 is 23.1 Å². The molecule has 9 heteroatoms. The van der Waals surface area contributed by atoms with E-state index in [9.17, 15) is 18.4 Å². The molecular weight excluding hydrogens is 334 g/mol. The number of amides is 1. The number of rotatable bonds is 6. The Morgan fingerprint density at radius 3 is 2.48 bits per heavy atom. The van der Waals surface area contributed by atoms with Gasteiger partial charge in [0.1, 0.15) is 17.7 Å². The molecule has 1 N–H and O–H groups in total. The second-order valence-corrected chi connectivity index (χ2v) is 5.72. The van der Waals surface area contributed by atoms with Crippen LogP contribution in [0.4, 0.5) is 8.78 Å². The van der Waals surface area contributed by atoms with Gasteiger partial charge in [-0.15, -0.1) is 5.10 Å². The minimum Gasteiger partial charge on any atom is -0.467 e. The van der Waals surface area contributed by atoms with E-state index in [0.717, 1.165) is 16.8 Å². The summed E-state index contributed by atoms with van der Waals surface area (Å²) >= 11 is 0. The molecule has 1 amide bonds. The van der Waals surface area contributed by atoms with E-state index in [1.807, 2.05) is 0 Å². The minimum atomic E-state index is -0.841. The van der Waals surface area contributed by atoms with Crippen LogP contribution in [0.3, 0.4) is 0 Å². The highest BCUT2D eigenvalue weighted by molar-refractivity contribution is 5.94. The van der Waals surface area contributed by atoms with E-state index in [-0.39, 0.29) is 23.7 Å². The topological polar surface area (TPSA) is 86.1 Å². The molecule has 0 saturated heterocycles. The molecule has 0 aliphatic carbocycles. The number of ether oxygens (including phenoxy) is 1. The Hall–Kier alpha value is -2.84. The van der Waals surface area contributed by atoms with Crippen LogP contribution in [-0.2, 0) is 16.1 Å². The smallest absolute Gasteiger partial charge is 0.328 e. The second-order valence-electron chi connectivity index (χ2n) is 5.72. The summed E-state index contributed by atoms with van der Waals surface area (Å²) in [4.78, 5) is 23.9. The van der Waals surface area contributed by atoms with Gasteiger partial charge in [0.25, 0.3) is 5.91 Å². The third-order valence-corrected chi connectivity index (χ3v) is 3.56. The molecule has 1 aromatic carbocycles. The number of carbonyl (C=O) groups excluding carboxylic acids is 2. The maximum absolute atomic E-state index is 13.7. The fourth-order valence-electron chi connectivity index (χ4n) is 2.17. The van der Waals surface area contributed by atoms with Crippen molar-refractivity contribution in [1.82, 2.24) is 20.3 Å². The molecule has 7 nitrogen and oxygen atoms in total. The summed E-state index contributed by atoms with van der Waals surface area (Å²) in [6.45, 7) is 3.28. The van der Waals surface area contributed by atoms with Gasteiger partial charge in [0.05, 0.1) is 19.9 Å². The Labute approximate surface area is 143 Å². The lowest BCUT2D eigenvalue weighted by atomic mass is 10.0. The van der Waals surface area contributed by atoms with E-state index in [1.54, 1.807) is 13.8 Å². The molecule has 25 heavy (non-hydrogen) atoms. The highest BCUT2D eigenvalue weighted by Crippen LogP contribution is 2.13. The molecule has 1 aromatic heterocycles. The average molecular weight is 352 g/mol. The first-order valence-corrected chi connectivity index (χ1v) is 7.55. The van der Waals surface area contributed by atoms with Gasteiger partial charge in [-0.3, -0.25) is 4.79 Å². The number of nitrogens with one attached hydrogen (secondary N) is 1. The Kier molecular flexibility index (Phi) is 5.79. The van der Waals surface area contributed by atoms with Crippen molar-refractivity contribution in [3.63, 3.8) is 0 Å². The van der Waals surface area contributed by atoms with Crippen molar-refractivity contribution >= 4 is 11.9 Å². The summed E-state index contributed by atoms with van der Waals surface area (Å²) in [6, 6.07) is 2.68. The third-order valence-electron chi connectivity index (χ3n) is 3.56. The van der Waals surface area contributed by atoms with Crippen molar-refractivity contribution in [1.29, 1.82) is 0 Å². The number of methoxy groups -OCH3 is 1. The first-order valence-electron chi connectivity index (χ1n) is 7.55. The van der Waals surface area contributed by atoms with Gasteiger partial charge in [-0.2, -0.15) is 0 Å². The maximum atomic E-state index is 13.7. The van der Waals surface area contributed by atoms with E-state index in [1.165, 1.54) is 19.4 Å². The molecule has 0 fully saturated rings. The van der Waals surface area contributed by atoms with Crippen LogP contribution in [0.25, 0.3) is 0 Å². The molecule has 0 aliphatic heterocycles. The number of hydrogen-bond acceptors (Lipinski definition) is 5. The predicted octanol–water partition coefficient (Wildman–Crippen LogP) is 1.53. The minimum absolute atomic E-state index is 0.0775. The number of nitrogens with zero attached hydrogens (tertiary/aromatic N) is 3. The normalized spacial score (nSPS) is 12.1. The summed E-state index contributed by atoms with van der Waals surface area (Å²) in [6.07, 6.45) is 1.25. The van der Waals surface area contributed by atoms with E-state index < -0.39 is 29.6 Å². The van der Waals surface area contributed by atoms with E-state index >= 15 is 0 Å². The van der Waals surface area contributed by atoms with Crippen molar-refractivity contribution in [2.75, 3.05) is 7.11 Å². The molecule has 0 spiro atoms. The summed E-state index contributed by atoms with van der Waals surface area (Å²) in [7, 11) is 1.23. The number of aromatic nitrogens is 3. The van der Waals surface area contributed by atoms with Gasteiger partial charge in [0, 0.05) is 5.56 Å². The van der Waals surface area contributed by atoms with Gasteiger partial charge in [0.2, 0.25) is 0 Å². The quantitative estimate of drug-likeness (QED) is 0.797. The van der Waals surface area contributed by atoms with Crippen molar-refractivity contribution in [3.8, 4) is 0 Å². The first kappa shape index (κ1) is 18.5. The van der Waals surface area contributed by atoms with Crippen LogP contribution >= 0.6 is 0 Å². The maximum Gasteiger partial charge on any atom is 0.328 e. The number of esters is 1. The van der Waals surface area contributed by atoms with Gasteiger partial charge in [-0.05, 0) is 18.1 Å². The number of benzene rings is 1. The van der Waals surface area contributed by atoms with E-state index in [0.29, 0.717) is 0 Å². The van der Waals surface area contributed by atoms with Crippen LogP contribution in [0.2, 0.25) is 0 Å². The zero-order chi connectivity index (χ0) is 18.6. The molecule has 2 aromatic rings. The van der Waals surface area contributed by atoms with Crippen LogP contribution in [0.15, 0.2) is 24.4 Å².